The van der Waals surface area contributed by atoms with Crippen LogP contribution in [0.3, 0.4) is 0 Å². The van der Waals surface area contributed by atoms with E-state index in [2.05, 4.69) is 31.8 Å². The summed E-state index contributed by atoms with van der Waals surface area (Å²) >= 11 is -1.28. The fourth-order valence-electron chi connectivity index (χ4n) is 4.63. The average Bonchev–Trinajstić information content (AvgIpc) is 3.69. The van der Waals surface area contributed by atoms with Gasteiger partial charge in [-0.25, -0.2) is 9.97 Å². The standard InChI is InChI=1S/C29H36N4O5S/c1-20-9-10-21-18-22(11-12-23(21)32-20)25-19-31-26(38-25)24(33-39(34)28(2,3)4)8-6-5-7-13-29(36-16-17-37-29)27-30-14-15-35-27/h9-12,14-15,18-19,24,33H,5-8,13,16-17H2,1-4H3/t24-,39?/m0/s1. The van der Waals surface area contributed by atoms with Gasteiger partial charge in [-0.05, 0) is 64.8 Å². The zero-order valence-corrected chi connectivity index (χ0v) is 23.8. The number of aromatic nitrogens is 3. The van der Waals surface area contributed by atoms with Crippen LogP contribution in [0.15, 0.2) is 57.8 Å². The number of nitrogens with zero attached hydrogens (tertiary/aromatic N) is 3. The van der Waals surface area contributed by atoms with E-state index in [1.54, 1.807) is 12.4 Å². The number of oxazole rings is 2. The van der Waals surface area contributed by atoms with Crippen LogP contribution in [0.2, 0.25) is 0 Å². The number of unbranched alkanes of at least 4 members (excludes halogenated alkanes) is 2. The molecule has 9 nitrogen and oxygen atoms in total. The number of fused-ring (bicyclic) bond motifs is 1. The Morgan fingerprint density at radius 3 is 2.64 bits per heavy atom. The van der Waals surface area contributed by atoms with Gasteiger partial charge in [0.25, 0.3) is 5.89 Å². The Hall–Kier alpha value is -2.76. The number of rotatable bonds is 11. The molecule has 2 atom stereocenters. The van der Waals surface area contributed by atoms with Crippen LogP contribution >= 0.6 is 0 Å². The summed E-state index contributed by atoms with van der Waals surface area (Å²) in [5.74, 6) is 0.764. The Morgan fingerprint density at radius 2 is 1.90 bits per heavy atom. The lowest BCUT2D eigenvalue weighted by Crippen LogP contribution is -2.41. The van der Waals surface area contributed by atoms with Crippen molar-refractivity contribution in [2.45, 2.75) is 76.4 Å². The van der Waals surface area contributed by atoms with Gasteiger partial charge in [0.2, 0.25) is 11.7 Å². The monoisotopic (exact) mass is 552 g/mol. The summed E-state index contributed by atoms with van der Waals surface area (Å²) in [4.78, 5) is 13.4. The zero-order chi connectivity index (χ0) is 27.5. The van der Waals surface area contributed by atoms with Gasteiger partial charge in [0.05, 0.1) is 31.1 Å². The first kappa shape index (κ1) is 27.8. The lowest BCUT2D eigenvalue weighted by atomic mass is 10.0. The van der Waals surface area contributed by atoms with Crippen LogP contribution in [0.5, 0.6) is 0 Å². The zero-order valence-electron chi connectivity index (χ0n) is 22.9. The Labute approximate surface area is 232 Å². The highest BCUT2D eigenvalue weighted by atomic mass is 32.2. The first-order chi connectivity index (χ1) is 18.7. The van der Waals surface area contributed by atoms with Crippen LogP contribution in [0, 0.1) is 6.92 Å². The van der Waals surface area contributed by atoms with Crippen LogP contribution < -0.4 is 4.72 Å². The van der Waals surface area contributed by atoms with Gasteiger partial charge in [-0.15, -0.1) is 4.72 Å². The van der Waals surface area contributed by atoms with Gasteiger partial charge in [0.15, 0.2) is 5.76 Å². The molecule has 3 aromatic heterocycles. The SMILES string of the molecule is Cc1ccc2cc(-c3cnc([C@H](CCCCCC4(c5ncco5)OCCO4)N[S+]([O-])C(C)(C)C)o3)ccc2n1. The van der Waals surface area contributed by atoms with Gasteiger partial charge in [-0.1, -0.05) is 18.9 Å². The number of hydrogen-bond acceptors (Lipinski definition) is 9. The maximum Gasteiger partial charge on any atom is 0.255 e. The van der Waals surface area contributed by atoms with Gasteiger partial charge in [0.1, 0.15) is 17.1 Å². The predicted molar refractivity (Wildman–Crippen MR) is 149 cm³/mol. The number of aryl methyl sites for hydroxylation is 1. The van der Waals surface area contributed by atoms with Crippen molar-refractivity contribution < 1.29 is 22.9 Å². The Balaban J connectivity index is 1.25. The van der Waals surface area contributed by atoms with Crippen LogP contribution in [0.1, 0.15) is 76.4 Å². The molecule has 1 saturated heterocycles. The summed E-state index contributed by atoms with van der Waals surface area (Å²) in [6.07, 6.45) is 8.90. The number of nitrogens with one attached hydrogen (secondary N) is 1. The van der Waals surface area contributed by atoms with Crippen molar-refractivity contribution in [3.8, 4) is 11.3 Å². The summed E-state index contributed by atoms with van der Waals surface area (Å²) in [7, 11) is 0. The molecule has 0 bridgehead atoms. The molecule has 1 unspecified atom stereocenters. The summed E-state index contributed by atoms with van der Waals surface area (Å²) in [6, 6.07) is 9.81. The normalized spacial score (nSPS) is 17.1. The highest BCUT2D eigenvalue weighted by molar-refractivity contribution is 7.90. The van der Waals surface area contributed by atoms with Gasteiger partial charge in [-0.3, -0.25) is 4.98 Å². The fraction of sp³-hybridized carbons (Fsp3) is 0.483. The minimum atomic E-state index is -1.28. The summed E-state index contributed by atoms with van der Waals surface area (Å²) < 4.78 is 39.4. The van der Waals surface area contributed by atoms with Crippen LogP contribution in [0.4, 0.5) is 0 Å². The molecule has 0 saturated carbocycles. The number of pyridine rings is 1. The highest BCUT2D eigenvalue weighted by Gasteiger charge is 2.42. The van der Waals surface area contributed by atoms with E-state index in [0.29, 0.717) is 37.2 Å². The largest absolute Gasteiger partial charge is 0.598 e. The summed E-state index contributed by atoms with van der Waals surface area (Å²) in [6.45, 7) is 8.86. The van der Waals surface area contributed by atoms with Gasteiger partial charge in [0, 0.05) is 34.4 Å². The van der Waals surface area contributed by atoms with Crippen molar-refractivity contribution in [3.05, 3.63) is 66.5 Å². The first-order valence-corrected chi connectivity index (χ1v) is 14.6. The molecule has 4 heterocycles. The van der Waals surface area contributed by atoms with Gasteiger partial charge < -0.3 is 22.9 Å². The molecular formula is C29H36N4O5S. The first-order valence-electron chi connectivity index (χ1n) is 13.4. The fourth-order valence-corrected chi connectivity index (χ4v) is 5.46. The molecule has 208 valence electrons. The molecule has 4 aromatic rings. The minimum Gasteiger partial charge on any atom is -0.598 e. The van der Waals surface area contributed by atoms with Crippen molar-refractivity contribution in [2.24, 2.45) is 0 Å². The third kappa shape index (κ3) is 6.53. The molecule has 0 radical (unpaired) electrons. The highest BCUT2D eigenvalue weighted by Crippen LogP contribution is 2.36. The van der Waals surface area contributed by atoms with Crippen molar-refractivity contribution >= 4 is 22.3 Å². The molecule has 1 aliphatic heterocycles. The predicted octanol–water partition coefficient (Wildman–Crippen LogP) is 6.13. The molecule has 1 aromatic carbocycles. The molecule has 0 spiro atoms. The quantitative estimate of drug-likeness (QED) is 0.173. The molecule has 0 amide bonds. The third-order valence-corrected chi connectivity index (χ3v) is 8.36. The molecule has 5 rings (SSSR count). The molecular weight excluding hydrogens is 516 g/mol. The van der Waals surface area contributed by atoms with E-state index in [0.717, 1.165) is 47.8 Å². The molecule has 1 N–H and O–H groups in total. The number of hydrogen-bond donors (Lipinski definition) is 1. The maximum absolute atomic E-state index is 13.0. The van der Waals surface area contributed by atoms with Crippen LogP contribution in [-0.2, 0) is 26.6 Å². The molecule has 0 aliphatic carbocycles. The molecule has 1 aliphatic rings. The van der Waals surface area contributed by atoms with Crippen LogP contribution in [-0.4, -0.2) is 37.5 Å². The van der Waals surface area contributed by atoms with Crippen molar-refractivity contribution in [1.82, 2.24) is 19.7 Å². The van der Waals surface area contributed by atoms with Gasteiger partial charge >= 0.3 is 0 Å². The lowest BCUT2D eigenvalue weighted by Gasteiger charge is -2.27. The molecule has 1 fully saturated rings. The van der Waals surface area contributed by atoms with Crippen molar-refractivity contribution in [2.75, 3.05) is 13.2 Å². The second kappa shape index (κ2) is 11.8. The van der Waals surface area contributed by atoms with E-state index < -0.39 is 21.9 Å². The van der Waals surface area contributed by atoms with Crippen molar-refractivity contribution in [3.63, 3.8) is 0 Å². The number of benzene rings is 1. The Kier molecular flexibility index (Phi) is 8.39. The second-order valence-electron chi connectivity index (χ2n) is 10.9. The second-order valence-corrected chi connectivity index (χ2v) is 12.9. The topological polar surface area (TPSA) is 119 Å². The molecule has 39 heavy (non-hydrogen) atoms. The van der Waals surface area contributed by atoms with E-state index in [-0.39, 0.29) is 6.04 Å². The lowest BCUT2D eigenvalue weighted by molar-refractivity contribution is -0.187. The van der Waals surface area contributed by atoms with Gasteiger partial charge in [-0.2, -0.15) is 0 Å². The van der Waals surface area contributed by atoms with E-state index in [4.69, 9.17) is 18.3 Å². The summed E-state index contributed by atoms with van der Waals surface area (Å²) in [5.41, 5.74) is 2.85. The average molecular weight is 553 g/mol. The summed E-state index contributed by atoms with van der Waals surface area (Å²) in [5, 5.41) is 1.04. The Morgan fingerprint density at radius 1 is 1.08 bits per heavy atom. The Bertz CT molecular complexity index is 1360. The van der Waals surface area contributed by atoms with Crippen molar-refractivity contribution in [1.29, 1.82) is 0 Å². The van der Waals surface area contributed by atoms with E-state index in [1.807, 2.05) is 45.9 Å². The maximum atomic E-state index is 13.0. The number of ether oxygens (including phenoxy) is 2. The minimum absolute atomic E-state index is 0.289. The van der Waals surface area contributed by atoms with Crippen LogP contribution in [0.25, 0.3) is 22.2 Å². The van der Waals surface area contributed by atoms with E-state index in [9.17, 15) is 4.55 Å². The van der Waals surface area contributed by atoms with E-state index in [1.165, 1.54) is 6.26 Å². The van der Waals surface area contributed by atoms with E-state index >= 15 is 0 Å². The smallest absolute Gasteiger partial charge is 0.255 e. The third-order valence-electron chi connectivity index (χ3n) is 6.75. The molecule has 10 heteroatoms.